The number of hydrogen-bond acceptors (Lipinski definition) is 2. The van der Waals surface area contributed by atoms with E-state index in [0.717, 1.165) is 15.6 Å². The highest BCUT2D eigenvalue weighted by Gasteiger charge is 2.34. The Morgan fingerprint density at radius 3 is 2.30 bits per heavy atom. The van der Waals surface area contributed by atoms with Crippen LogP contribution in [0.2, 0.25) is 0 Å². The summed E-state index contributed by atoms with van der Waals surface area (Å²) in [6.45, 7) is 2.08. The average Bonchev–Trinajstić information content (AvgIpc) is 2.84. The molecule has 0 aliphatic carbocycles. The van der Waals surface area contributed by atoms with Crippen LogP contribution in [0.5, 0.6) is 0 Å². The van der Waals surface area contributed by atoms with Crippen LogP contribution in [0.4, 0.5) is 5.69 Å². The Morgan fingerprint density at radius 1 is 1.04 bits per heavy atom. The fourth-order valence-corrected chi connectivity index (χ4v) is 2.71. The molecule has 1 aliphatic rings. The Labute approximate surface area is 148 Å². The zero-order valence-corrected chi connectivity index (χ0v) is 14.7. The van der Waals surface area contributed by atoms with Gasteiger partial charge >= 0.3 is 0 Å². The number of halogens is 1. The van der Waals surface area contributed by atoms with Crippen molar-refractivity contribution >= 4 is 46.2 Å². The summed E-state index contributed by atoms with van der Waals surface area (Å²) in [6, 6.07) is 15.2. The minimum atomic E-state index is -0.381. The predicted octanol–water partition coefficient (Wildman–Crippen LogP) is 3.32. The molecule has 0 bridgehead atoms. The number of benzene rings is 2. The Hall–Kier alpha value is -2.15. The smallest absolute Gasteiger partial charge is 0.267 e. The second-order valence-corrected chi connectivity index (χ2v) is 6.46. The van der Waals surface area contributed by atoms with Crippen LogP contribution in [0.1, 0.15) is 18.1 Å². The van der Waals surface area contributed by atoms with E-state index < -0.39 is 0 Å². The first kappa shape index (κ1) is 15.7. The Bertz CT molecular complexity index is 780. The van der Waals surface area contributed by atoms with Gasteiger partial charge in [0.1, 0.15) is 5.57 Å². The van der Waals surface area contributed by atoms with E-state index in [1.54, 1.807) is 18.2 Å². The molecule has 1 N–H and O–H groups in total. The fraction of sp³-hybridized carbons (Fsp3) is 0.111. The zero-order chi connectivity index (χ0) is 16.4. The van der Waals surface area contributed by atoms with Gasteiger partial charge in [0.05, 0.1) is 5.69 Å². The Morgan fingerprint density at radius 2 is 1.70 bits per heavy atom. The van der Waals surface area contributed by atoms with E-state index in [-0.39, 0.29) is 17.4 Å². The summed E-state index contributed by atoms with van der Waals surface area (Å²) in [7, 11) is 0. The van der Waals surface area contributed by atoms with Crippen LogP contribution in [-0.2, 0) is 16.0 Å². The molecule has 2 amide bonds. The second kappa shape index (κ2) is 6.54. The summed E-state index contributed by atoms with van der Waals surface area (Å²) < 4.78 is 1.07. The molecular formula is C18H15IN2O2. The summed E-state index contributed by atoms with van der Waals surface area (Å²) in [5.41, 5.74) is 5.45. The SMILES string of the molecule is CCc1ccc(/C=C2/C(=O)NN(c3ccc(I)cc3)C2=O)cc1. The fourth-order valence-electron chi connectivity index (χ4n) is 2.35. The average molecular weight is 418 g/mol. The standard InChI is InChI=1S/C18H15IN2O2/c1-2-12-3-5-13(6-4-12)11-16-17(22)20-21(18(16)23)15-9-7-14(19)8-10-15/h3-11H,2H2,1H3,(H,20,22)/b16-11-. The van der Waals surface area contributed by atoms with E-state index in [9.17, 15) is 9.59 Å². The van der Waals surface area contributed by atoms with Gasteiger partial charge in [-0.1, -0.05) is 31.2 Å². The molecule has 0 atom stereocenters. The van der Waals surface area contributed by atoms with Crippen LogP contribution in [0.25, 0.3) is 6.08 Å². The number of hydrazine groups is 1. The highest BCUT2D eigenvalue weighted by atomic mass is 127. The van der Waals surface area contributed by atoms with E-state index in [1.165, 1.54) is 10.6 Å². The van der Waals surface area contributed by atoms with Crippen molar-refractivity contribution in [3.8, 4) is 0 Å². The number of anilines is 1. The molecule has 3 rings (SSSR count). The first-order valence-electron chi connectivity index (χ1n) is 7.30. The summed E-state index contributed by atoms with van der Waals surface area (Å²) >= 11 is 2.19. The lowest BCUT2D eigenvalue weighted by Crippen LogP contribution is -2.35. The van der Waals surface area contributed by atoms with Crippen LogP contribution in [0, 0.1) is 3.57 Å². The van der Waals surface area contributed by atoms with Crippen molar-refractivity contribution in [2.45, 2.75) is 13.3 Å². The molecule has 2 aromatic carbocycles. The van der Waals surface area contributed by atoms with Gasteiger partial charge in [-0.05, 0) is 70.5 Å². The molecule has 0 saturated carbocycles. The number of nitrogens with one attached hydrogen (secondary N) is 1. The second-order valence-electron chi connectivity index (χ2n) is 5.21. The third-order valence-corrected chi connectivity index (χ3v) is 4.39. The van der Waals surface area contributed by atoms with Gasteiger partial charge in [-0.2, -0.15) is 0 Å². The van der Waals surface area contributed by atoms with Crippen molar-refractivity contribution in [1.82, 2.24) is 5.43 Å². The lowest BCUT2D eigenvalue weighted by molar-refractivity contribution is -0.117. The summed E-state index contributed by atoms with van der Waals surface area (Å²) in [6.07, 6.45) is 2.58. The van der Waals surface area contributed by atoms with Crippen LogP contribution in [-0.4, -0.2) is 11.8 Å². The van der Waals surface area contributed by atoms with E-state index in [1.807, 2.05) is 36.4 Å². The molecule has 2 aromatic rings. The van der Waals surface area contributed by atoms with Gasteiger partial charge in [-0.3, -0.25) is 15.0 Å². The molecule has 4 nitrogen and oxygen atoms in total. The molecule has 5 heteroatoms. The molecule has 116 valence electrons. The molecule has 1 heterocycles. The van der Waals surface area contributed by atoms with Crippen molar-refractivity contribution < 1.29 is 9.59 Å². The predicted molar refractivity (Wildman–Crippen MR) is 98.6 cm³/mol. The molecule has 1 aliphatic heterocycles. The number of rotatable bonds is 3. The number of carbonyl (C=O) groups excluding carboxylic acids is 2. The molecule has 0 radical (unpaired) electrons. The number of hydrogen-bond donors (Lipinski definition) is 1. The normalized spacial score (nSPS) is 16.1. The molecule has 0 unspecified atom stereocenters. The van der Waals surface area contributed by atoms with Crippen molar-refractivity contribution in [3.05, 3.63) is 68.8 Å². The van der Waals surface area contributed by atoms with E-state index in [4.69, 9.17) is 0 Å². The zero-order valence-electron chi connectivity index (χ0n) is 12.5. The topological polar surface area (TPSA) is 49.4 Å². The third kappa shape index (κ3) is 3.29. The van der Waals surface area contributed by atoms with Gasteiger partial charge < -0.3 is 0 Å². The molecule has 0 aromatic heterocycles. The number of carbonyl (C=O) groups is 2. The van der Waals surface area contributed by atoms with Crippen molar-refractivity contribution in [1.29, 1.82) is 0 Å². The van der Waals surface area contributed by atoms with Crippen molar-refractivity contribution in [3.63, 3.8) is 0 Å². The number of aryl methyl sites for hydroxylation is 1. The maximum atomic E-state index is 12.5. The lowest BCUT2D eigenvalue weighted by Gasteiger charge is -2.14. The van der Waals surface area contributed by atoms with Crippen LogP contribution in [0.15, 0.2) is 54.1 Å². The Kier molecular flexibility index (Phi) is 4.47. The quantitative estimate of drug-likeness (QED) is 0.473. The Balaban J connectivity index is 1.88. The minimum Gasteiger partial charge on any atom is -0.267 e. The van der Waals surface area contributed by atoms with Crippen LogP contribution < -0.4 is 10.4 Å². The molecule has 0 spiro atoms. The molecule has 1 fully saturated rings. The molecule has 23 heavy (non-hydrogen) atoms. The molecule has 1 saturated heterocycles. The van der Waals surface area contributed by atoms with Crippen LogP contribution >= 0.6 is 22.6 Å². The summed E-state index contributed by atoms with van der Waals surface area (Å²) in [5.74, 6) is -0.719. The lowest BCUT2D eigenvalue weighted by atomic mass is 10.1. The highest BCUT2D eigenvalue weighted by molar-refractivity contribution is 14.1. The largest absolute Gasteiger partial charge is 0.282 e. The first-order valence-corrected chi connectivity index (χ1v) is 8.38. The molecular weight excluding hydrogens is 403 g/mol. The minimum absolute atomic E-state index is 0.146. The maximum absolute atomic E-state index is 12.5. The monoisotopic (exact) mass is 418 g/mol. The van der Waals surface area contributed by atoms with Gasteiger partial charge in [0, 0.05) is 3.57 Å². The van der Waals surface area contributed by atoms with Crippen LogP contribution in [0.3, 0.4) is 0 Å². The van der Waals surface area contributed by atoms with Gasteiger partial charge in [0.2, 0.25) is 0 Å². The van der Waals surface area contributed by atoms with E-state index in [0.29, 0.717) is 5.69 Å². The van der Waals surface area contributed by atoms with E-state index >= 15 is 0 Å². The number of amides is 2. The van der Waals surface area contributed by atoms with Crippen molar-refractivity contribution in [2.24, 2.45) is 0 Å². The van der Waals surface area contributed by atoms with Gasteiger partial charge in [0.25, 0.3) is 11.8 Å². The number of nitrogens with zero attached hydrogens (tertiary/aromatic N) is 1. The van der Waals surface area contributed by atoms with Crippen molar-refractivity contribution in [2.75, 3.05) is 5.01 Å². The summed E-state index contributed by atoms with van der Waals surface area (Å²) in [4.78, 5) is 24.6. The summed E-state index contributed by atoms with van der Waals surface area (Å²) in [5, 5.41) is 1.28. The van der Waals surface area contributed by atoms with Gasteiger partial charge in [-0.15, -0.1) is 0 Å². The first-order chi connectivity index (χ1) is 11.1. The van der Waals surface area contributed by atoms with Gasteiger partial charge in [0.15, 0.2) is 0 Å². The maximum Gasteiger partial charge on any atom is 0.282 e. The third-order valence-electron chi connectivity index (χ3n) is 3.68. The van der Waals surface area contributed by atoms with E-state index in [2.05, 4.69) is 34.9 Å². The highest BCUT2D eigenvalue weighted by Crippen LogP contribution is 2.22. The van der Waals surface area contributed by atoms with Gasteiger partial charge in [-0.25, -0.2) is 5.01 Å².